The van der Waals surface area contributed by atoms with Crippen molar-refractivity contribution in [1.29, 1.82) is 0 Å². The Hall–Kier alpha value is -0.940. The lowest BCUT2D eigenvalue weighted by Crippen LogP contribution is -2.52. The van der Waals surface area contributed by atoms with Crippen LogP contribution < -0.4 is 4.72 Å². The molecule has 3 atom stereocenters. The molecule has 1 aromatic rings. The van der Waals surface area contributed by atoms with Gasteiger partial charge in [0.15, 0.2) is 0 Å². The van der Waals surface area contributed by atoms with E-state index in [1.165, 1.54) is 30.7 Å². The maximum atomic E-state index is 13.0. The Morgan fingerprint density at radius 2 is 1.81 bits per heavy atom. The van der Waals surface area contributed by atoms with Crippen molar-refractivity contribution in [2.45, 2.75) is 51.0 Å². The average Bonchev–Trinajstić information content (AvgIpc) is 2.87. The van der Waals surface area contributed by atoms with Gasteiger partial charge in [0.2, 0.25) is 10.0 Å². The molecular formula is C16H22FNO2S. The van der Waals surface area contributed by atoms with Crippen molar-refractivity contribution in [2.75, 3.05) is 0 Å². The Morgan fingerprint density at radius 3 is 2.33 bits per heavy atom. The molecule has 5 heteroatoms. The fourth-order valence-electron chi connectivity index (χ4n) is 4.43. The van der Waals surface area contributed by atoms with Crippen LogP contribution >= 0.6 is 0 Å². The Kier molecular flexibility index (Phi) is 3.23. The average molecular weight is 311 g/mol. The van der Waals surface area contributed by atoms with Crippen LogP contribution in [0, 0.1) is 22.6 Å². The van der Waals surface area contributed by atoms with Gasteiger partial charge in [-0.1, -0.05) is 20.8 Å². The fourth-order valence-corrected chi connectivity index (χ4v) is 5.96. The smallest absolute Gasteiger partial charge is 0.207 e. The van der Waals surface area contributed by atoms with Gasteiger partial charge >= 0.3 is 0 Å². The molecule has 2 fully saturated rings. The molecule has 2 saturated carbocycles. The number of sulfonamides is 1. The Bertz CT molecular complexity index is 649. The van der Waals surface area contributed by atoms with Crippen LogP contribution in [0.4, 0.5) is 4.39 Å². The summed E-state index contributed by atoms with van der Waals surface area (Å²) in [7, 11) is -3.61. The normalized spacial score (nSPS) is 34.3. The molecule has 0 spiro atoms. The van der Waals surface area contributed by atoms with Gasteiger partial charge in [-0.05, 0) is 60.3 Å². The summed E-state index contributed by atoms with van der Waals surface area (Å²) in [6.07, 6.45) is 3.33. The monoisotopic (exact) mass is 311 g/mol. The van der Waals surface area contributed by atoms with Gasteiger partial charge in [0.1, 0.15) is 5.82 Å². The Balaban J connectivity index is 1.91. The minimum Gasteiger partial charge on any atom is -0.207 e. The van der Waals surface area contributed by atoms with Gasteiger partial charge in [-0.2, -0.15) is 0 Å². The van der Waals surface area contributed by atoms with Crippen LogP contribution in [0.2, 0.25) is 0 Å². The zero-order chi connectivity index (χ0) is 15.5. The molecule has 21 heavy (non-hydrogen) atoms. The number of nitrogens with one attached hydrogen (secondary N) is 1. The van der Waals surface area contributed by atoms with Crippen LogP contribution in [0.25, 0.3) is 0 Å². The lowest BCUT2D eigenvalue weighted by molar-refractivity contribution is 0.127. The van der Waals surface area contributed by atoms with E-state index < -0.39 is 15.8 Å². The lowest BCUT2D eigenvalue weighted by atomic mass is 9.69. The van der Waals surface area contributed by atoms with Crippen molar-refractivity contribution in [2.24, 2.45) is 16.7 Å². The van der Waals surface area contributed by atoms with Gasteiger partial charge in [0.25, 0.3) is 0 Å². The molecule has 0 aromatic heterocycles. The van der Waals surface area contributed by atoms with E-state index in [9.17, 15) is 12.8 Å². The Morgan fingerprint density at radius 1 is 1.19 bits per heavy atom. The standard InChI is InChI=1S/C16H22FNO2S/c1-15(2)11-8-9-16(3,10-11)14(15)18-21(19,20)13-6-4-12(17)5-7-13/h4-7,11,14,18H,8-10H2,1-3H3/t11?,14-,16+/m0/s1. The number of halogens is 1. The molecule has 0 heterocycles. The second-order valence-corrected chi connectivity index (χ2v) is 9.14. The number of rotatable bonds is 3. The van der Waals surface area contributed by atoms with Crippen molar-refractivity contribution in [1.82, 2.24) is 4.72 Å². The minimum absolute atomic E-state index is 0.0290. The molecule has 0 saturated heterocycles. The third-order valence-corrected chi connectivity index (χ3v) is 7.11. The highest BCUT2D eigenvalue weighted by molar-refractivity contribution is 7.89. The summed E-state index contributed by atoms with van der Waals surface area (Å²) < 4.78 is 41.0. The van der Waals surface area contributed by atoms with E-state index in [2.05, 4.69) is 25.5 Å². The predicted molar refractivity (Wildman–Crippen MR) is 79.7 cm³/mol. The highest BCUT2D eigenvalue weighted by atomic mass is 32.2. The number of fused-ring (bicyclic) bond motifs is 2. The summed E-state index contributed by atoms with van der Waals surface area (Å²) in [6.45, 7) is 6.49. The van der Waals surface area contributed by atoms with Crippen molar-refractivity contribution in [3.05, 3.63) is 30.1 Å². The highest BCUT2D eigenvalue weighted by Crippen LogP contribution is 2.62. The number of benzene rings is 1. The molecule has 1 aromatic carbocycles. The van der Waals surface area contributed by atoms with Crippen LogP contribution in [-0.4, -0.2) is 14.5 Å². The topological polar surface area (TPSA) is 46.2 Å². The SMILES string of the molecule is CC1(C)C2CC[C@](C)(C2)[C@H]1NS(=O)(=O)c1ccc(F)cc1. The van der Waals surface area contributed by atoms with Crippen LogP contribution in [-0.2, 0) is 10.0 Å². The molecule has 2 aliphatic carbocycles. The lowest BCUT2D eigenvalue weighted by Gasteiger charge is -2.42. The summed E-state index contributed by atoms with van der Waals surface area (Å²) in [5.74, 6) is 0.143. The zero-order valence-electron chi connectivity index (χ0n) is 12.7. The van der Waals surface area contributed by atoms with E-state index in [1.54, 1.807) is 0 Å². The second-order valence-electron chi connectivity index (χ2n) is 7.42. The maximum Gasteiger partial charge on any atom is 0.240 e. The van der Waals surface area contributed by atoms with Crippen LogP contribution in [0.3, 0.4) is 0 Å². The van der Waals surface area contributed by atoms with Crippen LogP contribution in [0.15, 0.2) is 29.2 Å². The molecule has 0 aliphatic heterocycles. The molecule has 0 amide bonds. The minimum atomic E-state index is -3.61. The van der Waals surface area contributed by atoms with Crippen molar-refractivity contribution in [3.63, 3.8) is 0 Å². The number of hydrogen-bond donors (Lipinski definition) is 1. The van der Waals surface area contributed by atoms with Gasteiger partial charge < -0.3 is 0 Å². The van der Waals surface area contributed by atoms with Crippen LogP contribution in [0.5, 0.6) is 0 Å². The van der Waals surface area contributed by atoms with Gasteiger partial charge in [-0.25, -0.2) is 17.5 Å². The molecule has 3 nitrogen and oxygen atoms in total. The molecule has 0 radical (unpaired) electrons. The molecule has 3 rings (SSSR count). The van der Waals surface area contributed by atoms with Crippen molar-refractivity contribution in [3.8, 4) is 0 Å². The Labute approximate surface area is 126 Å². The summed E-state index contributed by atoms with van der Waals surface area (Å²) >= 11 is 0. The first kappa shape index (κ1) is 15.0. The first-order valence-electron chi connectivity index (χ1n) is 7.43. The quantitative estimate of drug-likeness (QED) is 0.931. The number of hydrogen-bond acceptors (Lipinski definition) is 2. The second kappa shape index (κ2) is 4.53. The fraction of sp³-hybridized carbons (Fsp3) is 0.625. The van der Waals surface area contributed by atoms with E-state index in [-0.39, 0.29) is 21.8 Å². The molecular weight excluding hydrogens is 289 g/mol. The van der Waals surface area contributed by atoms with E-state index in [1.807, 2.05) is 0 Å². The highest BCUT2D eigenvalue weighted by Gasteiger charge is 2.60. The summed E-state index contributed by atoms with van der Waals surface area (Å²) in [5.41, 5.74) is -0.0125. The largest absolute Gasteiger partial charge is 0.240 e. The molecule has 1 N–H and O–H groups in total. The zero-order valence-corrected chi connectivity index (χ0v) is 13.5. The molecule has 2 aliphatic rings. The predicted octanol–water partition coefficient (Wildman–Crippen LogP) is 3.32. The van der Waals surface area contributed by atoms with Crippen molar-refractivity contribution >= 4 is 10.0 Å². The summed E-state index contributed by atoms with van der Waals surface area (Å²) in [5, 5.41) is 0. The molecule has 116 valence electrons. The summed E-state index contributed by atoms with van der Waals surface area (Å²) in [6, 6.07) is 4.93. The third kappa shape index (κ3) is 2.30. The third-order valence-electron chi connectivity index (χ3n) is 5.67. The summed E-state index contributed by atoms with van der Waals surface area (Å²) in [4.78, 5) is 0.131. The van der Waals surface area contributed by atoms with Gasteiger partial charge in [0, 0.05) is 6.04 Å². The van der Waals surface area contributed by atoms with Gasteiger partial charge in [0.05, 0.1) is 4.90 Å². The first-order chi connectivity index (χ1) is 9.65. The van der Waals surface area contributed by atoms with E-state index in [4.69, 9.17) is 0 Å². The van der Waals surface area contributed by atoms with E-state index >= 15 is 0 Å². The van der Waals surface area contributed by atoms with E-state index in [0.717, 1.165) is 12.8 Å². The van der Waals surface area contributed by atoms with Crippen molar-refractivity contribution < 1.29 is 12.8 Å². The van der Waals surface area contributed by atoms with E-state index in [0.29, 0.717) is 5.92 Å². The first-order valence-corrected chi connectivity index (χ1v) is 8.91. The van der Waals surface area contributed by atoms with Crippen LogP contribution in [0.1, 0.15) is 40.0 Å². The molecule has 1 unspecified atom stereocenters. The maximum absolute atomic E-state index is 13.0. The van der Waals surface area contributed by atoms with Gasteiger partial charge in [-0.15, -0.1) is 0 Å². The molecule has 2 bridgehead atoms. The van der Waals surface area contributed by atoms with Gasteiger partial charge in [-0.3, -0.25) is 0 Å².